The van der Waals surface area contributed by atoms with Gasteiger partial charge in [0.25, 0.3) is 0 Å². The van der Waals surface area contributed by atoms with Crippen molar-refractivity contribution in [3.63, 3.8) is 0 Å². The molecule has 1 fully saturated rings. The molecule has 0 aliphatic heterocycles. The Kier molecular flexibility index (Phi) is 3.71. The van der Waals surface area contributed by atoms with E-state index in [9.17, 15) is 9.90 Å². The lowest BCUT2D eigenvalue weighted by Gasteiger charge is -2.50. The maximum absolute atomic E-state index is 12.7. The van der Waals surface area contributed by atoms with Crippen LogP contribution in [0.3, 0.4) is 0 Å². The highest BCUT2D eigenvalue weighted by Gasteiger charge is 2.54. The third-order valence-electron chi connectivity index (χ3n) is 6.01. The highest BCUT2D eigenvalue weighted by molar-refractivity contribution is 5.98. The zero-order valence-corrected chi connectivity index (χ0v) is 14.6. The monoisotopic (exact) mass is 334 g/mol. The predicted octanol–water partition coefficient (Wildman–Crippen LogP) is 3.68. The molecular weight excluding hydrogens is 312 g/mol. The molecule has 0 saturated heterocycles. The van der Waals surface area contributed by atoms with Crippen LogP contribution in [0, 0.1) is 18.8 Å². The van der Waals surface area contributed by atoms with Crippen LogP contribution in [-0.4, -0.2) is 20.9 Å². The Balaban J connectivity index is 2.03. The lowest BCUT2D eigenvalue weighted by atomic mass is 9.52. The predicted molar refractivity (Wildman–Crippen MR) is 95.3 cm³/mol. The zero-order valence-electron chi connectivity index (χ0n) is 14.6. The number of aliphatic hydroxyl groups is 1. The molecule has 1 N–H and O–H groups in total. The minimum atomic E-state index is -0.384. The van der Waals surface area contributed by atoms with Crippen LogP contribution in [0.15, 0.2) is 48.4 Å². The molecule has 2 aromatic rings. The van der Waals surface area contributed by atoms with E-state index in [2.05, 4.69) is 17.1 Å². The summed E-state index contributed by atoms with van der Waals surface area (Å²) in [6.45, 7) is 3.90. The van der Waals surface area contributed by atoms with Crippen molar-refractivity contribution in [3.05, 3.63) is 71.0 Å². The Morgan fingerprint density at radius 2 is 2.04 bits per heavy atom. The van der Waals surface area contributed by atoms with Gasteiger partial charge >= 0.3 is 0 Å². The van der Waals surface area contributed by atoms with Gasteiger partial charge in [0.1, 0.15) is 5.82 Å². The van der Waals surface area contributed by atoms with E-state index in [0.717, 1.165) is 41.7 Å². The van der Waals surface area contributed by atoms with E-state index >= 15 is 0 Å². The minimum absolute atomic E-state index is 0.0632. The molecule has 4 rings (SSSR count). The van der Waals surface area contributed by atoms with Gasteiger partial charge in [0.05, 0.1) is 12.0 Å². The van der Waals surface area contributed by atoms with Gasteiger partial charge in [-0.15, -0.1) is 0 Å². The number of aryl methyl sites for hydroxylation is 2. The lowest BCUT2D eigenvalue weighted by Crippen LogP contribution is -2.51. The number of benzene rings is 1. The lowest BCUT2D eigenvalue weighted by molar-refractivity contribution is -0.123. The number of aromatic nitrogens is 2. The second-order valence-corrected chi connectivity index (χ2v) is 7.26. The summed E-state index contributed by atoms with van der Waals surface area (Å²) in [5.41, 5.74) is 3.46. The summed E-state index contributed by atoms with van der Waals surface area (Å²) in [5.74, 6) is 0.839. The van der Waals surface area contributed by atoms with Crippen molar-refractivity contribution in [3.8, 4) is 0 Å². The number of hydrogen-bond acceptors (Lipinski definition) is 4. The van der Waals surface area contributed by atoms with Crippen molar-refractivity contribution in [2.45, 2.75) is 38.5 Å². The van der Waals surface area contributed by atoms with Crippen LogP contribution >= 0.6 is 0 Å². The largest absolute Gasteiger partial charge is 0.515 e. The number of carbonyl (C=O) groups excluding carboxylic acids is 1. The van der Waals surface area contributed by atoms with Crippen molar-refractivity contribution in [1.82, 2.24) is 9.97 Å². The number of ketones is 1. The van der Waals surface area contributed by atoms with Crippen LogP contribution in [0.2, 0.25) is 0 Å². The fourth-order valence-electron chi connectivity index (χ4n) is 4.85. The van der Waals surface area contributed by atoms with Crippen molar-refractivity contribution in [2.24, 2.45) is 11.8 Å². The molecule has 3 unspecified atom stereocenters. The molecule has 1 aromatic heterocycles. The number of aliphatic hydroxyl groups excluding tert-OH is 1. The third-order valence-corrected chi connectivity index (χ3v) is 6.01. The molecule has 128 valence electrons. The number of carbonyl (C=O) groups is 1. The maximum atomic E-state index is 12.7. The van der Waals surface area contributed by atoms with Gasteiger partial charge in [-0.3, -0.25) is 4.79 Å². The molecule has 1 aromatic carbocycles. The molecule has 4 heteroatoms. The van der Waals surface area contributed by atoms with E-state index in [1.807, 2.05) is 38.2 Å². The summed E-state index contributed by atoms with van der Waals surface area (Å²) in [5, 5.41) is 9.72. The normalized spacial score (nSPS) is 30.0. The standard InChI is InChI=1S/C21H22N2O2/c1-13-18-9-8-15-11-22-14(2)23-20(15)21(18,10-16(12-24)19(13)25)17-6-4-3-5-7-17/h3-7,11-13,18,24H,8-10H2,1-2H3. The van der Waals surface area contributed by atoms with Gasteiger partial charge in [-0.25, -0.2) is 9.97 Å². The molecule has 0 radical (unpaired) electrons. The maximum Gasteiger partial charge on any atom is 0.165 e. The molecule has 1 heterocycles. The van der Waals surface area contributed by atoms with E-state index < -0.39 is 0 Å². The smallest absolute Gasteiger partial charge is 0.165 e. The van der Waals surface area contributed by atoms with E-state index in [-0.39, 0.29) is 23.0 Å². The van der Waals surface area contributed by atoms with Gasteiger partial charge in [-0.1, -0.05) is 37.3 Å². The number of fused-ring (bicyclic) bond motifs is 3. The summed E-state index contributed by atoms with van der Waals surface area (Å²) >= 11 is 0. The molecule has 25 heavy (non-hydrogen) atoms. The first kappa shape index (κ1) is 16.0. The van der Waals surface area contributed by atoms with Crippen molar-refractivity contribution in [2.75, 3.05) is 0 Å². The number of rotatable bonds is 1. The number of Topliss-reactive ketones (excluding diaryl/α,β-unsaturated/α-hetero) is 1. The molecule has 0 spiro atoms. The summed E-state index contributed by atoms with van der Waals surface area (Å²) in [7, 11) is 0. The topological polar surface area (TPSA) is 63.1 Å². The fourth-order valence-corrected chi connectivity index (χ4v) is 4.85. The Morgan fingerprint density at radius 1 is 1.28 bits per heavy atom. The Hall–Kier alpha value is -2.49. The van der Waals surface area contributed by atoms with Gasteiger partial charge in [-0.2, -0.15) is 0 Å². The highest BCUT2D eigenvalue weighted by Crippen LogP contribution is 2.55. The molecular formula is C21H22N2O2. The zero-order chi connectivity index (χ0) is 17.6. The van der Waals surface area contributed by atoms with Crippen molar-refractivity contribution >= 4 is 5.78 Å². The SMILES string of the molecule is Cc1ncc2c(n1)C1(c3ccccc3)CC(=CO)C(=O)C(C)C1CC2. The summed E-state index contributed by atoms with van der Waals surface area (Å²) in [6.07, 6.45) is 5.25. The van der Waals surface area contributed by atoms with Gasteiger partial charge < -0.3 is 5.11 Å². The first-order valence-corrected chi connectivity index (χ1v) is 8.84. The van der Waals surface area contributed by atoms with Gasteiger partial charge in [0.15, 0.2) is 5.78 Å². The molecule has 2 aliphatic rings. The first-order chi connectivity index (χ1) is 12.1. The highest BCUT2D eigenvalue weighted by atomic mass is 16.2. The van der Waals surface area contributed by atoms with Crippen LogP contribution in [0.4, 0.5) is 0 Å². The molecule has 0 bridgehead atoms. The molecule has 1 saturated carbocycles. The van der Waals surface area contributed by atoms with Crippen molar-refractivity contribution in [1.29, 1.82) is 0 Å². The Labute approximate surface area is 147 Å². The van der Waals surface area contributed by atoms with Crippen LogP contribution in [0.25, 0.3) is 0 Å². The van der Waals surface area contributed by atoms with Gasteiger partial charge in [0.2, 0.25) is 0 Å². The Morgan fingerprint density at radius 3 is 2.76 bits per heavy atom. The van der Waals surface area contributed by atoms with E-state index in [1.165, 1.54) is 0 Å². The van der Waals surface area contributed by atoms with Gasteiger partial charge in [0, 0.05) is 23.1 Å². The van der Waals surface area contributed by atoms with E-state index in [4.69, 9.17) is 4.98 Å². The molecule has 0 amide bonds. The molecule has 3 atom stereocenters. The second-order valence-electron chi connectivity index (χ2n) is 7.26. The van der Waals surface area contributed by atoms with Crippen LogP contribution in [0.5, 0.6) is 0 Å². The number of allylic oxidation sites excluding steroid dienone is 1. The van der Waals surface area contributed by atoms with Crippen LogP contribution < -0.4 is 0 Å². The average Bonchev–Trinajstić information content (AvgIpc) is 2.65. The first-order valence-electron chi connectivity index (χ1n) is 8.84. The van der Waals surface area contributed by atoms with Gasteiger partial charge in [-0.05, 0) is 43.2 Å². The number of nitrogens with zero attached hydrogens (tertiary/aromatic N) is 2. The number of hydrogen-bond donors (Lipinski definition) is 1. The van der Waals surface area contributed by atoms with Crippen molar-refractivity contribution < 1.29 is 9.90 Å². The molecule has 2 aliphatic carbocycles. The Bertz CT molecular complexity index is 859. The average molecular weight is 334 g/mol. The third kappa shape index (κ3) is 2.24. The minimum Gasteiger partial charge on any atom is -0.515 e. The second kappa shape index (κ2) is 5.80. The molecule has 4 nitrogen and oxygen atoms in total. The fraction of sp³-hybridized carbons (Fsp3) is 0.381. The quantitative estimate of drug-likeness (QED) is 0.638. The van der Waals surface area contributed by atoms with Crippen LogP contribution in [-0.2, 0) is 16.6 Å². The van der Waals surface area contributed by atoms with Crippen LogP contribution in [0.1, 0.15) is 42.4 Å². The summed E-state index contributed by atoms with van der Waals surface area (Å²) < 4.78 is 0. The summed E-state index contributed by atoms with van der Waals surface area (Å²) in [6, 6.07) is 10.3. The summed E-state index contributed by atoms with van der Waals surface area (Å²) in [4.78, 5) is 21.9. The van der Waals surface area contributed by atoms with E-state index in [1.54, 1.807) is 0 Å². The van der Waals surface area contributed by atoms with E-state index in [0.29, 0.717) is 12.0 Å².